The smallest absolute Gasteiger partial charge is 0.261 e. The predicted octanol–water partition coefficient (Wildman–Crippen LogP) is 2.37. The number of methoxy groups -OCH3 is 1. The van der Waals surface area contributed by atoms with Crippen molar-refractivity contribution < 1.29 is 4.74 Å². The monoisotopic (exact) mass is 366 g/mol. The molecule has 1 unspecified atom stereocenters. The van der Waals surface area contributed by atoms with Crippen molar-refractivity contribution >= 4 is 10.9 Å². The number of hydrogen-bond acceptors (Lipinski definition) is 4. The summed E-state index contributed by atoms with van der Waals surface area (Å²) in [7, 11) is 3.57. The molecule has 0 aliphatic carbocycles. The molecule has 0 bridgehead atoms. The van der Waals surface area contributed by atoms with Gasteiger partial charge in [-0.1, -0.05) is 18.2 Å². The molecule has 3 aromatic rings. The summed E-state index contributed by atoms with van der Waals surface area (Å²) in [6.45, 7) is 4.81. The molecule has 6 heteroatoms. The topological polar surface area (TPSA) is 52.3 Å². The summed E-state index contributed by atoms with van der Waals surface area (Å²) in [6.07, 6.45) is 4.94. The van der Waals surface area contributed by atoms with Crippen molar-refractivity contribution in [1.82, 2.24) is 19.0 Å². The summed E-state index contributed by atoms with van der Waals surface area (Å²) in [5, 5.41) is 1.05. The number of fused-ring (bicyclic) bond motifs is 1. The number of hydrogen-bond donors (Lipinski definition) is 0. The van der Waals surface area contributed by atoms with E-state index in [1.807, 2.05) is 43.6 Å². The number of ether oxygens (including phenoxy) is 1. The molecule has 1 atom stereocenters. The molecule has 0 spiro atoms. The van der Waals surface area contributed by atoms with Gasteiger partial charge in [0.15, 0.2) is 0 Å². The first-order valence-electron chi connectivity index (χ1n) is 9.49. The van der Waals surface area contributed by atoms with Crippen molar-refractivity contribution in [2.24, 2.45) is 13.0 Å². The Morgan fingerprint density at radius 1 is 1.30 bits per heavy atom. The molecule has 2 aromatic heterocycles. The molecule has 0 amide bonds. The van der Waals surface area contributed by atoms with Crippen molar-refractivity contribution in [1.29, 1.82) is 0 Å². The van der Waals surface area contributed by atoms with E-state index in [1.54, 1.807) is 17.9 Å². The van der Waals surface area contributed by atoms with Crippen LogP contribution in [0.25, 0.3) is 22.3 Å². The van der Waals surface area contributed by atoms with Crippen molar-refractivity contribution in [3.63, 3.8) is 0 Å². The van der Waals surface area contributed by atoms with Gasteiger partial charge in [0, 0.05) is 46.2 Å². The van der Waals surface area contributed by atoms with Gasteiger partial charge < -0.3 is 18.8 Å². The molecule has 0 N–H and O–H groups in total. The molecule has 1 fully saturated rings. The average molecular weight is 366 g/mol. The summed E-state index contributed by atoms with van der Waals surface area (Å²) in [6, 6.07) is 9.93. The summed E-state index contributed by atoms with van der Waals surface area (Å²) in [5.41, 5.74) is 1.60. The van der Waals surface area contributed by atoms with Crippen LogP contribution in [0.15, 0.2) is 47.5 Å². The Kier molecular flexibility index (Phi) is 5.09. The minimum atomic E-state index is -0.00528. The van der Waals surface area contributed by atoms with E-state index in [2.05, 4.69) is 14.5 Å². The van der Waals surface area contributed by atoms with Gasteiger partial charge in [-0.3, -0.25) is 4.79 Å². The van der Waals surface area contributed by atoms with Crippen molar-refractivity contribution in [3.8, 4) is 11.4 Å². The van der Waals surface area contributed by atoms with Gasteiger partial charge in [0.1, 0.15) is 5.82 Å². The van der Waals surface area contributed by atoms with Crippen LogP contribution in [0.4, 0.5) is 0 Å². The molecule has 0 radical (unpaired) electrons. The van der Waals surface area contributed by atoms with Crippen LogP contribution in [0.3, 0.4) is 0 Å². The lowest BCUT2D eigenvalue weighted by atomic mass is 10.1. The van der Waals surface area contributed by atoms with Gasteiger partial charge in [-0.2, -0.15) is 0 Å². The number of likely N-dealkylation sites (tertiary alicyclic amines) is 1. The van der Waals surface area contributed by atoms with E-state index in [0.29, 0.717) is 11.5 Å². The van der Waals surface area contributed by atoms with E-state index in [9.17, 15) is 4.79 Å². The number of pyridine rings is 1. The Balaban J connectivity index is 1.61. The van der Waals surface area contributed by atoms with E-state index >= 15 is 0 Å². The highest BCUT2D eigenvalue weighted by molar-refractivity contribution is 5.83. The number of aryl methyl sites for hydroxylation is 1. The maximum Gasteiger partial charge on any atom is 0.261 e. The first-order chi connectivity index (χ1) is 13.2. The van der Waals surface area contributed by atoms with E-state index in [1.165, 1.54) is 0 Å². The fourth-order valence-corrected chi connectivity index (χ4v) is 4.05. The Morgan fingerprint density at radius 3 is 3.00 bits per heavy atom. The van der Waals surface area contributed by atoms with Gasteiger partial charge in [0.05, 0.1) is 17.7 Å². The molecule has 1 aliphatic rings. The summed E-state index contributed by atoms with van der Waals surface area (Å²) in [4.78, 5) is 19.9. The fourth-order valence-electron chi connectivity index (χ4n) is 4.05. The lowest BCUT2D eigenvalue weighted by Crippen LogP contribution is -2.26. The minimum absolute atomic E-state index is 0.00528. The fraction of sp³-hybridized carbons (Fsp3) is 0.429. The Bertz CT molecular complexity index is 991. The first-order valence-corrected chi connectivity index (χ1v) is 9.49. The lowest BCUT2D eigenvalue weighted by Gasteiger charge is -2.16. The SMILES string of the molecule is COCCN1CCC(Cn2ccnc2-c2cc3ccccc3n(C)c2=O)C1. The lowest BCUT2D eigenvalue weighted by molar-refractivity contribution is 0.158. The number of imidazole rings is 1. The Labute approximate surface area is 159 Å². The minimum Gasteiger partial charge on any atom is -0.383 e. The summed E-state index contributed by atoms with van der Waals surface area (Å²) < 4.78 is 9.04. The van der Waals surface area contributed by atoms with Crippen molar-refractivity contribution in [2.75, 3.05) is 33.4 Å². The highest BCUT2D eigenvalue weighted by atomic mass is 16.5. The Hall–Kier alpha value is -2.44. The number of rotatable bonds is 6. The second-order valence-corrected chi connectivity index (χ2v) is 7.33. The van der Waals surface area contributed by atoms with Gasteiger partial charge in [-0.05, 0) is 36.4 Å². The molecule has 6 nitrogen and oxygen atoms in total. The third-order valence-corrected chi connectivity index (χ3v) is 5.53. The molecule has 142 valence electrons. The highest BCUT2D eigenvalue weighted by Crippen LogP contribution is 2.23. The van der Waals surface area contributed by atoms with Crippen LogP contribution >= 0.6 is 0 Å². The van der Waals surface area contributed by atoms with Crippen LogP contribution < -0.4 is 5.56 Å². The van der Waals surface area contributed by atoms with Crippen LogP contribution in [0, 0.1) is 5.92 Å². The Morgan fingerprint density at radius 2 is 2.15 bits per heavy atom. The van der Waals surface area contributed by atoms with E-state index in [4.69, 9.17) is 4.74 Å². The molecular formula is C21H26N4O2. The number of nitrogens with zero attached hydrogens (tertiary/aromatic N) is 4. The van der Waals surface area contributed by atoms with Crippen LogP contribution in [0.2, 0.25) is 0 Å². The zero-order valence-electron chi connectivity index (χ0n) is 16.0. The van der Waals surface area contributed by atoms with Gasteiger partial charge in [0.25, 0.3) is 5.56 Å². The van der Waals surface area contributed by atoms with Crippen LogP contribution in [-0.4, -0.2) is 52.4 Å². The molecule has 1 saturated heterocycles. The molecule has 0 saturated carbocycles. The molecule has 3 heterocycles. The normalized spacial score (nSPS) is 17.8. The first kappa shape index (κ1) is 17.9. The summed E-state index contributed by atoms with van der Waals surface area (Å²) >= 11 is 0. The standard InChI is InChI=1S/C21H26N4O2/c1-23-19-6-4-3-5-17(19)13-18(21(23)26)20-22-8-10-25(20)15-16-7-9-24(14-16)11-12-27-2/h3-6,8,10,13,16H,7,9,11-12,14-15H2,1-2H3. The molecule has 1 aromatic carbocycles. The maximum atomic E-state index is 12.9. The third-order valence-electron chi connectivity index (χ3n) is 5.53. The second-order valence-electron chi connectivity index (χ2n) is 7.33. The largest absolute Gasteiger partial charge is 0.383 e. The van der Waals surface area contributed by atoms with Gasteiger partial charge >= 0.3 is 0 Å². The maximum absolute atomic E-state index is 12.9. The van der Waals surface area contributed by atoms with E-state index in [-0.39, 0.29) is 5.56 Å². The van der Waals surface area contributed by atoms with Crippen LogP contribution in [0.1, 0.15) is 6.42 Å². The summed E-state index contributed by atoms with van der Waals surface area (Å²) in [5.74, 6) is 1.33. The van der Waals surface area contributed by atoms with E-state index < -0.39 is 0 Å². The highest BCUT2D eigenvalue weighted by Gasteiger charge is 2.24. The van der Waals surface area contributed by atoms with Crippen molar-refractivity contribution in [2.45, 2.75) is 13.0 Å². The number of benzene rings is 1. The quantitative estimate of drug-likeness (QED) is 0.672. The molecule has 27 heavy (non-hydrogen) atoms. The van der Waals surface area contributed by atoms with Crippen molar-refractivity contribution in [3.05, 3.63) is 53.1 Å². The predicted molar refractivity (Wildman–Crippen MR) is 107 cm³/mol. The zero-order valence-corrected chi connectivity index (χ0v) is 16.0. The zero-order chi connectivity index (χ0) is 18.8. The molecule has 1 aliphatic heterocycles. The third kappa shape index (κ3) is 3.55. The van der Waals surface area contributed by atoms with Crippen LogP contribution in [-0.2, 0) is 18.3 Å². The van der Waals surface area contributed by atoms with Gasteiger partial charge in [-0.15, -0.1) is 0 Å². The van der Waals surface area contributed by atoms with Crippen LogP contribution in [0.5, 0.6) is 0 Å². The van der Waals surface area contributed by atoms with E-state index in [0.717, 1.165) is 55.9 Å². The number of para-hydroxylation sites is 1. The van der Waals surface area contributed by atoms with Gasteiger partial charge in [-0.25, -0.2) is 4.98 Å². The molecular weight excluding hydrogens is 340 g/mol. The number of aromatic nitrogens is 3. The molecule has 4 rings (SSSR count). The second kappa shape index (κ2) is 7.66. The average Bonchev–Trinajstić information content (AvgIpc) is 3.33. The van der Waals surface area contributed by atoms with Gasteiger partial charge in [0.2, 0.25) is 0 Å².